The Morgan fingerprint density at radius 1 is 1.58 bits per heavy atom. The molecule has 2 aromatic heterocycles. The lowest BCUT2D eigenvalue weighted by molar-refractivity contribution is 0.849. The van der Waals surface area contributed by atoms with Crippen LogP contribution in [-0.4, -0.2) is 9.55 Å². The lowest BCUT2D eigenvalue weighted by atomic mass is 10.3. The van der Waals surface area contributed by atoms with Crippen molar-refractivity contribution in [1.29, 1.82) is 0 Å². The first-order chi connectivity index (χ1) is 5.70. The van der Waals surface area contributed by atoms with E-state index in [1.807, 2.05) is 18.4 Å². The van der Waals surface area contributed by atoms with Gasteiger partial charge in [0.2, 0.25) is 0 Å². The highest BCUT2D eigenvalue weighted by Gasteiger charge is 2.04. The lowest BCUT2D eigenvalue weighted by Gasteiger charge is -1.99. The van der Waals surface area contributed by atoms with Crippen LogP contribution in [0.3, 0.4) is 0 Å². The quantitative estimate of drug-likeness (QED) is 0.612. The Kier molecular flexibility index (Phi) is 1.51. The van der Waals surface area contributed by atoms with Crippen molar-refractivity contribution in [1.82, 2.24) is 9.55 Å². The first-order valence-corrected chi connectivity index (χ1v) is 4.49. The van der Waals surface area contributed by atoms with E-state index in [1.165, 1.54) is 0 Å². The van der Waals surface area contributed by atoms with Gasteiger partial charge in [0, 0.05) is 12.4 Å². The van der Waals surface area contributed by atoms with Crippen LogP contribution >= 0.6 is 11.3 Å². The number of fused-ring (bicyclic) bond motifs is 1. The number of thiophene rings is 1. The Balaban J connectivity index is 3.07. The van der Waals surface area contributed by atoms with E-state index in [0.717, 1.165) is 15.9 Å². The van der Waals surface area contributed by atoms with Crippen molar-refractivity contribution in [3.8, 4) is 0 Å². The molecule has 0 aliphatic rings. The minimum absolute atomic E-state index is 0.178. The second kappa shape index (κ2) is 2.42. The molecule has 0 unspecified atom stereocenters. The minimum Gasteiger partial charge on any atom is -0.286 e. The van der Waals surface area contributed by atoms with Gasteiger partial charge < -0.3 is 0 Å². The van der Waals surface area contributed by atoms with E-state index in [2.05, 4.69) is 4.98 Å². The molecule has 3 nitrogen and oxygen atoms in total. The fraction of sp³-hybridized carbons (Fsp3) is 0.250. The van der Waals surface area contributed by atoms with Gasteiger partial charge in [-0.2, -0.15) is 4.98 Å². The first-order valence-electron chi connectivity index (χ1n) is 3.61. The SMILES string of the molecule is Cc1nc(=O)n(C)c2sccc12. The zero-order valence-corrected chi connectivity index (χ0v) is 7.68. The van der Waals surface area contributed by atoms with Crippen LogP contribution in [0.1, 0.15) is 5.69 Å². The van der Waals surface area contributed by atoms with Crippen molar-refractivity contribution in [3.63, 3.8) is 0 Å². The van der Waals surface area contributed by atoms with Gasteiger partial charge >= 0.3 is 5.69 Å². The van der Waals surface area contributed by atoms with Gasteiger partial charge in [0.25, 0.3) is 0 Å². The van der Waals surface area contributed by atoms with E-state index in [4.69, 9.17) is 0 Å². The zero-order valence-electron chi connectivity index (χ0n) is 6.87. The van der Waals surface area contributed by atoms with E-state index >= 15 is 0 Å². The van der Waals surface area contributed by atoms with E-state index in [-0.39, 0.29) is 5.69 Å². The molecule has 0 radical (unpaired) electrons. The van der Waals surface area contributed by atoms with Crippen LogP contribution in [0.4, 0.5) is 0 Å². The summed E-state index contributed by atoms with van der Waals surface area (Å²) in [6.45, 7) is 1.86. The van der Waals surface area contributed by atoms with Crippen LogP contribution in [-0.2, 0) is 7.05 Å². The monoisotopic (exact) mass is 180 g/mol. The Morgan fingerprint density at radius 2 is 2.33 bits per heavy atom. The highest BCUT2D eigenvalue weighted by atomic mass is 32.1. The van der Waals surface area contributed by atoms with Gasteiger partial charge in [-0.15, -0.1) is 11.3 Å². The number of rotatable bonds is 0. The van der Waals surface area contributed by atoms with Crippen molar-refractivity contribution in [2.24, 2.45) is 7.05 Å². The summed E-state index contributed by atoms with van der Waals surface area (Å²) in [6.07, 6.45) is 0. The molecule has 0 N–H and O–H groups in total. The van der Waals surface area contributed by atoms with Crippen LogP contribution in [0.5, 0.6) is 0 Å². The van der Waals surface area contributed by atoms with E-state index in [0.29, 0.717) is 0 Å². The molecule has 62 valence electrons. The maximum atomic E-state index is 11.2. The average Bonchev–Trinajstić information content (AvgIpc) is 2.48. The van der Waals surface area contributed by atoms with Gasteiger partial charge in [-0.1, -0.05) is 0 Å². The summed E-state index contributed by atoms with van der Waals surface area (Å²) in [6, 6.07) is 1.99. The van der Waals surface area contributed by atoms with Crippen LogP contribution < -0.4 is 5.69 Å². The summed E-state index contributed by atoms with van der Waals surface area (Å²) >= 11 is 1.57. The second-order valence-electron chi connectivity index (χ2n) is 2.68. The van der Waals surface area contributed by atoms with Crippen molar-refractivity contribution in [2.45, 2.75) is 6.92 Å². The Morgan fingerprint density at radius 3 is 3.08 bits per heavy atom. The van der Waals surface area contributed by atoms with Gasteiger partial charge in [-0.05, 0) is 18.4 Å². The molecule has 0 atom stereocenters. The minimum atomic E-state index is -0.178. The number of aryl methyl sites for hydroxylation is 2. The van der Waals surface area contributed by atoms with Crippen LogP contribution in [0.15, 0.2) is 16.2 Å². The molecule has 2 aromatic rings. The van der Waals surface area contributed by atoms with Gasteiger partial charge in [0.1, 0.15) is 4.83 Å². The molecular weight excluding hydrogens is 172 g/mol. The molecule has 0 saturated heterocycles. The predicted molar refractivity (Wildman–Crippen MR) is 49.6 cm³/mol. The Hall–Kier alpha value is -1.16. The highest BCUT2D eigenvalue weighted by Crippen LogP contribution is 2.19. The third-order valence-electron chi connectivity index (χ3n) is 1.89. The van der Waals surface area contributed by atoms with E-state index in [9.17, 15) is 4.79 Å². The summed E-state index contributed by atoms with van der Waals surface area (Å²) < 4.78 is 1.58. The molecule has 4 heteroatoms. The molecule has 0 aromatic carbocycles. The molecule has 0 amide bonds. The molecule has 2 heterocycles. The van der Waals surface area contributed by atoms with Gasteiger partial charge in [-0.25, -0.2) is 4.79 Å². The maximum absolute atomic E-state index is 11.2. The maximum Gasteiger partial charge on any atom is 0.348 e. The Labute approximate surface area is 73.3 Å². The van der Waals surface area contributed by atoms with Crippen LogP contribution in [0.25, 0.3) is 10.2 Å². The summed E-state index contributed by atoms with van der Waals surface area (Å²) in [5.41, 5.74) is 0.636. The number of hydrogen-bond donors (Lipinski definition) is 0. The lowest BCUT2D eigenvalue weighted by Crippen LogP contribution is -2.20. The third kappa shape index (κ3) is 0.881. The van der Waals surface area contributed by atoms with E-state index < -0.39 is 0 Å². The van der Waals surface area contributed by atoms with Crippen molar-refractivity contribution in [2.75, 3.05) is 0 Å². The Bertz CT molecular complexity index is 483. The molecule has 0 aliphatic carbocycles. The largest absolute Gasteiger partial charge is 0.348 e. The van der Waals surface area contributed by atoms with Gasteiger partial charge in [0.05, 0.1) is 5.69 Å². The van der Waals surface area contributed by atoms with Crippen molar-refractivity contribution in [3.05, 3.63) is 27.6 Å². The summed E-state index contributed by atoms with van der Waals surface area (Å²) in [7, 11) is 1.74. The average molecular weight is 180 g/mol. The molecule has 0 bridgehead atoms. The number of nitrogens with zero attached hydrogens (tertiary/aromatic N) is 2. The number of aromatic nitrogens is 2. The molecular formula is C8H8N2OS. The topological polar surface area (TPSA) is 34.9 Å². The zero-order chi connectivity index (χ0) is 8.72. The van der Waals surface area contributed by atoms with E-state index in [1.54, 1.807) is 23.0 Å². The van der Waals surface area contributed by atoms with Crippen LogP contribution in [0.2, 0.25) is 0 Å². The number of hydrogen-bond acceptors (Lipinski definition) is 3. The fourth-order valence-electron chi connectivity index (χ4n) is 1.20. The normalized spacial score (nSPS) is 10.8. The van der Waals surface area contributed by atoms with Crippen molar-refractivity contribution < 1.29 is 0 Å². The van der Waals surface area contributed by atoms with Gasteiger partial charge in [0.15, 0.2) is 0 Å². The van der Waals surface area contributed by atoms with Gasteiger partial charge in [-0.3, -0.25) is 4.57 Å². The highest BCUT2D eigenvalue weighted by molar-refractivity contribution is 7.16. The third-order valence-corrected chi connectivity index (χ3v) is 2.88. The second-order valence-corrected chi connectivity index (χ2v) is 3.57. The molecule has 12 heavy (non-hydrogen) atoms. The summed E-state index contributed by atoms with van der Waals surface area (Å²) in [4.78, 5) is 16.1. The molecule has 0 spiro atoms. The predicted octanol–water partition coefficient (Wildman–Crippen LogP) is 1.30. The molecule has 0 aliphatic heterocycles. The standard InChI is InChI=1S/C8H8N2OS/c1-5-6-3-4-12-7(6)10(2)8(11)9-5/h3-4H,1-2H3. The molecule has 2 rings (SSSR count). The smallest absolute Gasteiger partial charge is 0.286 e. The van der Waals surface area contributed by atoms with Crippen molar-refractivity contribution >= 4 is 21.6 Å². The fourth-order valence-corrected chi connectivity index (χ4v) is 2.11. The summed E-state index contributed by atoms with van der Waals surface area (Å²) in [5, 5.41) is 3.04. The van der Waals surface area contributed by atoms with Crippen LogP contribution in [0, 0.1) is 6.92 Å². The molecule has 0 fully saturated rings. The molecule has 0 saturated carbocycles. The first kappa shape index (κ1) is 7.49. The summed E-state index contributed by atoms with van der Waals surface area (Å²) in [5.74, 6) is 0.